The van der Waals surface area contributed by atoms with Crippen molar-refractivity contribution in [1.82, 2.24) is 4.57 Å². The molecule has 2 aromatic heterocycles. The lowest BCUT2D eigenvalue weighted by atomic mass is 9.78. The lowest BCUT2D eigenvalue weighted by molar-refractivity contribution is 1.19. The fourth-order valence-corrected chi connectivity index (χ4v) is 10.9. The molecule has 0 saturated heterocycles. The van der Waals surface area contributed by atoms with Crippen molar-refractivity contribution in [3.05, 3.63) is 206 Å². The van der Waals surface area contributed by atoms with Crippen LogP contribution in [0.5, 0.6) is 0 Å². The molecule has 0 amide bonds. The average molecular weight is 781 g/mol. The zero-order valence-electron chi connectivity index (χ0n) is 32.9. The maximum atomic E-state index is 2.46. The molecule has 13 rings (SSSR count). The van der Waals surface area contributed by atoms with E-state index in [4.69, 9.17) is 0 Å². The highest BCUT2D eigenvalue weighted by atomic mass is 32.1. The van der Waals surface area contributed by atoms with Crippen LogP contribution in [0.1, 0.15) is 5.56 Å². The molecule has 0 bridgehead atoms. The van der Waals surface area contributed by atoms with E-state index in [0.717, 1.165) is 11.4 Å². The van der Waals surface area contributed by atoms with Gasteiger partial charge in [0, 0.05) is 53.6 Å². The molecular weight excluding hydrogens is 745 g/mol. The Labute approximate surface area is 351 Å². The van der Waals surface area contributed by atoms with E-state index < -0.39 is 0 Å². The van der Waals surface area contributed by atoms with Crippen LogP contribution in [-0.2, 0) is 0 Å². The van der Waals surface area contributed by atoms with E-state index >= 15 is 0 Å². The van der Waals surface area contributed by atoms with Crippen LogP contribution < -0.4 is 4.90 Å². The first kappa shape index (κ1) is 33.5. The van der Waals surface area contributed by atoms with Gasteiger partial charge in [-0.3, -0.25) is 0 Å². The highest BCUT2D eigenvalue weighted by Gasteiger charge is 2.26. The molecule has 2 nitrogen and oxygen atoms in total. The van der Waals surface area contributed by atoms with Crippen LogP contribution in [0.3, 0.4) is 0 Å². The standard InChI is InChI=1S/C57H36N2S/c1-35-19-23-41(24-20-35)58(55-33-52-46-15-7-10-18-56(46)60-57(52)34-47(55)36-11-3-2-4-12-36)42-25-21-37-29-48-50(31-39(37)27-42)49-30-38-22-26-43(28-40(38)32-51(48)49)59-53-16-8-5-13-44(53)45-14-6-9-17-54(45)59/h2-34H,1H3. The highest BCUT2D eigenvalue weighted by Crippen LogP contribution is 2.52. The molecule has 0 spiro atoms. The Kier molecular flexibility index (Phi) is 7.13. The van der Waals surface area contributed by atoms with Gasteiger partial charge in [-0.15, -0.1) is 11.3 Å². The van der Waals surface area contributed by atoms with E-state index in [2.05, 4.69) is 217 Å². The molecular formula is C57H36N2S. The maximum absolute atomic E-state index is 2.46. The Hall–Kier alpha value is -7.46. The number of benzene rings is 10. The second-order valence-corrected chi connectivity index (χ2v) is 17.3. The van der Waals surface area contributed by atoms with Gasteiger partial charge in [-0.25, -0.2) is 0 Å². The van der Waals surface area contributed by atoms with E-state index in [-0.39, 0.29) is 0 Å². The van der Waals surface area contributed by atoms with Gasteiger partial charge in [0.25, 0.3) is 0 Å². The minimum Gasteiger partial charge on any atom is -0.310 e. The number of rotatable bonds is 5. The van der Waals surface area contributed by atoms with Crippen LogP contribution in [0.4, 0.5) is 17.1 Å². The molecule has 0 aliphatic heterocycles. The van der Waals surface area contributed by atoms with Crippen molar-refractivity contribution in [1.29, 1.82) is 0 Å². The summed E-state index contributed by atoms with van der Waals surface area (Å²) >= 11 is 1.87. The van der Waals surface area contributed by atoms with E-state index in [1.807, 2.05) is 11.3 Å². The summed E-state index contributed by atoms with van der Waals surface area (Å²) in [4.78, 5) is 2.46. The summed E-state index contributed by atoms with van der Waals surface area (Å²) in [7, 11) is 0. The zero-order chi connectivity index (χ0) is 39.5. The van der Waals surface area contributed by atoms with E-state index in [1.165, 1.54) is 114 Å². The van der Waals surface area contributed by atoms with Crippen LogP contribution in [0, 0.1) is 6.92 Å². The molecule has 10 aromatic carbocycles. The van der Waals surface area contributed by atoms with Gasteiger partial charge < -0.3 is 9.47 Å². The smallest absolute Gasteiger partial charge is 0.0547 e. The lowest BCUT2D eigenvalue weighted by Gasteiger charge is -2.29. The molecule has 1 aliphatic rings. The van der Waals surface area contributed by atoms with E-state index in [1.54, 1.807) is 0 Å². The first-order valence-electron chi connectivity index (χ1n) is 20.7. The van der Waals surface area contributed by atoms with Gasteiger partial charge in [0.1, 0.15) is 0 Å². The third-order valence-electron chi connectivity index (χ3n) is 12.7. The number of aryl methyl sites for hydroxylation is 1. The Morgan fingerprint density at radius 3 is 1.65 bits per heavy atom. The van der Waals surface area contributed by atoms with E-state index in [0.29, 0.717) is 0 Å². The van der Waals surface area contributed by atoms with Crippen molar-refractivity contribution >= 4 is 91.9 Å². The number of anilines is 3. The molecule has 3 heteroatoms. The SMILES string of the molecule is Cc1ccc(N(c2ccc3cc4c(cc3c2)-c2cc3ccc(-n5c6ccccc6c6ccccc65)cc3cc2-4)c2cc3c(cc2-c2ccccc2)sc2ccccc23)cc1. The van der Waals surface area contributed by atoms with Crippen LogP contribution in [0.15, 0.2) is 200 Å². The third kappa shape index (κ3) is 5.00. The lowest BCUT2D eigenvalue weighted by Crippen LogP contribution is -2.11. The first-order chi connectivity index (χ1) is 29.6. The third-order valence-corrected chi connectivity index (χ3v) is 13.8. The fourth-order valence-electron chi connectivity index (χ4n) is 9.79. The van der Waals surface area contributed by atoms with Crippen LogP contribution in [-0.4, -0.2) is 4.57 Å². The summed E-state index contributed by atoms with van der Waals surface area (Å²) < 4.78 is 5.02. The Bertz CT molecular complexity index is 3670. The first-order valence-corrected chi connectivity index (χ1v) is 21.5. The number of hydrogen-bond acceptors (Lipinski definition) is 2. The quantitative estimate of drug-likeness (QED) is 0.169. The Morgan fingerprint density at radius 1 is 0.383 bits per heavy atom. The van der Waals surface area contributed by atoms with Crippen LogP contribution in [0.2, 0.25) is 0 Å². The molecule has 0 radical (unpaired) electrons. The molecule has 0 atom stereocenters. The highest BCUT2D eigenvalue weighted by molar-refractivity contribution is 7.25. The summed E-state index contributed by atoms with van der Waals surface area (Å²) in [6.45, 7) is 2.16. The van der Waals surface area contributed by atoms with Crippen molar-refractivity contribution in [2.45, 2.75) is 6.92 Å². The second kappa shape index (κ2) is 12.8. The summed E-state index contributed by atoms with van der Waals surface area (Å²) in [5, 5.41) is 10.1. The number of nitrogens with zero attached hydrogens (tertiary/aromatic N) is 2. The summed E-state index contributed by atoms with van der Waals surface area (Å²) in [5.74, 6) is 0. The van der Waals surface area contributed by atoms with Crippen molar-refractivity contribution in [2.24, 2.45) is 0 Å². The normalized spacial score (nSPS) is 12.1. The largest absolute Gasteiger partial charge is 0.310 e. The molecule has 60 heavy (non-hydrogen) atoms. The minimum atomic E-state index is 1.14. The number of para-hydroxylation sites is 2. The summed E-state index contributed by atoms with van der Waals surface area (Å²) in [5.41, 5.74) is 16.1. The summed E-state index contributed by atoms with van der Waals surface area (Å²) in [6, 6.07) is 74.5. The second-order valence-electron chi connectivity index (χ2n) is 16.2. The monoisotopic (exact) mass is 780 g/mol. The number of hydrogen-bond donors (Lipinski definition) is 0. The van der Waals surface area contributed by atoms with Crippen molar-refractivity contribution in [3.8, 4) is 39.1 Å². The van der Waals surface area contributed by atoms with Gasteiger partial charge in [0.2, 0.25) is 0 Å². The molecule has 2 heterocycles. The molecule has 0 unspecified atom stereocenters. The molecule has 0 saturated carbocycles. The van der Waals surface area contributed by atoms with Gasteiger partial charge in [-0.1, -0.05) is 115 Å². The molecule has 0 fully saturated rings. The van der Waals surface area contributed by atoms with Crippen molar-refractivity contribution < 1.29 is 0 Å². The maximum Gasteiger partial charge on any atom is 0.0547 e. The Balaban J connectivity index is 0.950. The van der Waals surface area contributed by atoms with Gasteiger partial charge in [0.15, 0.2) is 0 Å². The van der Waals surface area contributed by atoms with Crippen LogP contribution in [0.25, 0.3) is 103 Å². The fraction of sp³-hybridized carbons (Fsp3) is 0.0175. The molecule has 12 aromatic rings. The number of aromatic nitrogens is 1. The van der Waals surface area contributed by atoms with Crippen molar-refractivity contribution in [3.63, 3.8) is 0 Å². The number of fused-ring (bicyclic) bond motifs is 12. The summed E-state index contributed by atoms with van der Waals surface area (Å²) in [6.07, 6.45) is 0. The zero-order valence-corrected chi connectivity index (χ0v) is 33.7. The van der Waals surface area contributed by atoms with Crippen molar-refractivity contribution in [2.75, 3.05) is 4.90 Å². The number of thiophene rings is 1. The van der Waals surface area contributed by atoms with E-state index in [9.17, 15) is 0 Å². The predicted molar refractivity (Wildman–Crippen MR) is 258 cm³/mol. The average Bonchev–Trinajstić information content (AvgIpc) is 3.84. The van der Waals surface area contributed by atoms with Gasteiger partial charge >= 0.3 is 0 Å². The molecule has 280 valence electrons. The topological polar surface area (TPSA) is 8.17 Å². The molecule has 1 aliphatic carbocycles. The molecule has 0 N–H and O–H groups in total. The van der Waals surface area contributed by atoms with Crippen LogP contribution >= 0.6 is 11.3 Å². The van der Waals surface area contributed by atoms with Gasteiger partial charge in [0.05, 0.1) is 16.7 Å². The Morgan fingerprint density at radius 2 is 0.950 bits per heavy atom. The minimum absolute atomic E-state index is 1.14. The van der Waals surface area contributed by atoms with Gasteiger partial charge in [-0.2, -0.15) is 0 Å². The predicted octanol–water partition coefficient (Wildman–Crippen LogP) is 16.6. The van der Waals surface area contributed by atoms with Gasteiger partial charge in [-0.05, 0) is 147 Å².